The van der Waals surface area contributed by atoms with Crippen molar-refractivity contribution in [2.75, 3.05) is 13.2 Å². The summed E-state index contributed by atoms with van der Waals surface area (Å²) < 4.78 is 11.5. The molecule has 1 aliphatic carbocycles. The highest BCUT2D eigenvalue weighted by atomic mass is 16.5. The van der Waals surface area contributed by atoms with Gasteiger partial charge in [0.15, 0.2) is 5.78 Å². The number of hydrogen-bond donors (Lipinski definition) is 0. The number of ether oxygens (including phenoxy) is 2. The van der Waals surface area contributed by atoms with Gasteiger partial charge in [-0.3, -0.25) is 4.79 Å². The van der Waals surface area contributed by atoms with Crippen LogP contribution in [-0.4, -0.2) is 19.0 Å². The van der Waals surface area contributed by atoms with Crippen LogP contribution in [0.2, 0.25) is 0 Å². The first-order valence-electron chi connectivity index (χ1n) is 11.5. The van der Waals surface area contributed by atoms with Gasteiger partial charge in [0.25, 0.3) is 0 Å². The molecule has 0 N–H and O–H groups in total. The van der Waals surface area contributed by atoms with Crippen LogP contribution in [0.3, 0.4) is 0 Å². The van der Waals surface area contributed by atoms with Crippen LogP contribution in [0.4, 0.5) is 0 Å². The second-order valence-corrected chi connectivity index (χ2v) is 8.17. The van der Waals surface area contributed by atoms with E-state index in [2.05, 4.69) is 50.3 Å². The molecule has 0 amide bonds. The number of ketones is 1. The van der Waals surface area contributed by atoms with Crippen molar-refractivity contribution in [1.29, 1.82) is 0 Å². The summed E-state index contributed by atoms with van der Waals surface area (Å²) in [5.41, 5.74) is 3.38. The van der Waals surface area contributed by atoms with Crippen molar-refractivity contribution < 1.29 is 14.3 Å². The van der Waals surface area contributed by atoms with Crippen molar-refractivity contribution in [3.63, 3.8) is 0 Å². The standard InChI is InChI=1S/C28H34O3/c1-3-5-17-30-27-13-9-22(10-14-27)7-8-23-19-25(21-26(29)20-23)24-11-15-28(16-12-24)31-18-6-4-2/h7-16,20,25H,3-6,17-19,21H2,1-2H3. The molecule has 3 rings (SSSR count). The van der Waals surface area contributed by atoms with E-state index in [-0.39, 0.29) is 11.7 Å². The third-order valence-electron chi connectivity index (χ3n) is 5.53. The molecule has 1 unspecified atom stereocenters. The molecule has 1 aliphatic rings. The minimum absolute atomic E-state index is 0.193. The topological polar surface area (TPSA) is 35.5 Å². The minimum Gasteiger partial charge on any atom is -0.494 e. The molecule has 0 aliphatic heterocycles. The monoisotopic (exact) mass is 418 g/mol. The molecule has 3 heteroatoms. The molecule has 1 atom stereocenters. The summed E-state index contributed by atoms with van der Waals surface area (Å²) in [7, 11) is 0. The molecule has 0 aromatic heterocycles. The van der Waals surface area contributed by atoms with Crippen LogP contribution in [-0.2, 0) is 4.79 Å². The smallest absolute Gasteiger partial charge is 0.156 e. The number of carbonyl (C=O) groups is 1. The Kier molecular flexibility index (Phi) is 8.96. The Morgan fingerprint density at radius 3 is 1.97 bits per heavy atom. The van der Waals surface area contributed by atoms with Gasteiger partial charge in [0.05, 0.1) is 13.2 Å². The van der Waals surface area contributed by atoms with Crippen LogP contribution < -0.4 is 9.47 Å². The number of hydrogen-bond acceptors (Lipinski definition) is 3. The molecular formula is C28H34O3. The Morgan fingerprint density at radius 2 is 1.39 bits per heavy atom. The van der Waals surface area contributed by atoms with Crippen molar-refractivity contribution in [2.24, 2.45) is 0 Å². The van der Waals surface area contributed by atoms with Crippen molar-refractivity contribution in [1.82, 2.24) is 0 Å². The van der Waals surface area contributed by atoms with Gasteiger partial charge in [0.2, 0.25) is 0 Å². The van der Waals surface area contributed by atoms with Crippen molar-refractivity contribution >= 4 is 11.9 Å². The lowest BCUT2D eigenvalue weighted by atomic mass is 9.83. The zero-order valence-electron chi connectivity index (χ0n) is 18.8. The van der Waals surface area contributed by atoms with Gasteiger partial charge < -0.3 is 9.47 Å². The van der Waals surface area contributed by atoms with Gasteiger partial charge in [-0.25, -0.2) is 0 Å². The first-order valence-corrected chi connectivity index (χ1v) is 11.5. The Balaban J connectivity index is 1.58. The quantitative estimate of drug-likeness (QED) is 0.364. The van der Waals surface area contributed by atoms with E-state index < -0.39 is 0 Å². The number of allylic oxidation sites excluding steroid dienone is 3. The van der Waals surface area contributed by atoms with Crippen LogP contribution in [0.25, 0.3) is 6.08 Å². The molecule has 0 bridgehead atoms. The lowest BCUT2D eigenvalue weighted by Gasteiger charge is -2.21. The fourth-order valence-electron chi connectivity index (χ4n) is 3.66. The Morgan fingerprint density at radius 1 is 0.806 bits per heavy atom. The van der Waals surface area contributed by atoms with E-state index >= 15 is 0 Å². The molecule has 3 nitrogen and oxygen atoms in total. The maximum absolute atomic E-state index is 12.3. The van der Waals surface area contributed by atoms with E-state index in [1.165, 1.54) is 5.56 Å². The summed E-state index contributed by atoms with van der Waals surface area (Å²) in [6, 6.07) is 16.4. The largest absolute Gasteiger partial charge is 0.494 e. The lowest BCUT2D eigenvalue weighted by molar-refractivity contribution is -0.115. The summed E-state index contributed by atoms with van der Waals surface area (Å²) in [4.78, 5) is 12.3. The molecule has 2 aromatic rings. The van der Waals surface area contributed by atoms with Crippen LogP contribution in [0, 0.1) is 0 Å². The molecule has 164 valence electrons. The van der Waals surface area contributed by atoms with Gasteiger partial charge in [0.1, 0.15) is 11.5 Å². The minimum atomic E-state index is 0.193. The van der Waals surface area contributed by atoms with Crippen LogP contribution in [0.5, 0.6) is 11.5 Å². The molecule has 2 aromatic carbocycles. The summed E-state index contributed by atoms with van der Waals surface area (Å²) in [5.74, 6) is 2.21. The average Bonchev–Trinajstić information content (AvgIpc) is 2.79. The summed E-state index contributed by atoms with van der Waals surface area (Å²) in [5, 5.41) is 0. The molecule has 0 fully saturated rings. The van der Waals surface area contributed by atoms with Crippen LogP contribution in [0.15, 0.2) is 66.3 Å². The van der Waals surface area contributed by atoms with Gasteiger partial charge in [0, 0.05) is 6.42 Å². The zero-order chi connectivity index (χ0) is 21.9. The van der Waals surface area contributed by atoms with Gasteiger partial charge in [-0.2, -0.15) is 0 Å². The SMILES string of the molecule is CCCCOc1ccc(C=CC2=CC(=O)CC(c3ccc(OCCCC)cc3)C2)cc1. The fraction of sp³-hybridized carbons (Fsp3) is 0.393. The van der Waals surface area contributed by atoms with Gasteiger partial charge >= 0.3 is 0 Å². The molecule has 0 spiro atoms. The third-order valence-corrected chi connectivity index (χ3v) is 5.53. The predicted octanol–water partition coefficient (Wildman–Crippen LogP) is 7.13. The first kappa shape index (κ1) is 22.9. The molecular weight excluding hydrogens is 384 g/mol. The van der Waals surface area contributed by atoms with Crippen molar-refractivity contribution in [3.05, 3.63) is 77.4 Å². The Labute approximate surface area is 186 Å². The van der Waals surface area contributed by atoms with Gasteiger partial charge in [-0.05, 0) is 72.2 Å². The highest BCUT2D eigenvalue weighted by Gasteiger charge is 2.21. The van der Waals surface area contributed by atoms with Crippen LogP contribution >= 0.6 is 0 Å². The van der Waals surface area contributed by atoms with E-state index in [1.807, 2.05) is 24.3 Å². The average molecular weight is 419 g/mol. The van der Waals surface area contributed by atoms with Crippen molar-refractivity contribution in [2.45, 2.75) is 58.3 Å². The third kappa shape index (κ3) is 7.43. The van der Waals surface area contributed by atoms with E-state index in [1.54, 1.807) is 6.08 Å². The predicted molar refractivity (Wildman–Crippen MR) is 128 cm³/mol. The molecule has 0 saturated heterocycles. The zero-order valence-corrected chi connectivity index (χ0v) is 18.8. The van der Waals surface area contributed by atoms with Gasteiger partial charge in [-0.1, -0.05) is 63.1 Å². The first-order chi connectivity index (χ1) is 15.2. The number of carbonyl (C=O) groups excluding carboxylic acids is 1. The lowest BCUT2D eigenvalue weighted by Crippen LogP contribution is -2.12. The van der Waals surface area contributed by atoms with Crippen LogP contribution in [0.1, 0.15) is 69.4 Å². The van der Waals surface area contributed by atoms with Gasteiger partial charge in [-0.15, -0.1) is 0 Å². The van der Waals surface area contributed by atoms with E-state index in [0.717, 1.165) is 68.0 Å². The maximum atomic E-state index is 12.3. The second-order valence-electron chi connectivity index (χ2n) is 8.17. The summed E-state index contributed by atoms with van der Waals surface area (Å²) in [6.45, 7) is 5.82. The number of benzene rings is 2. The maximum Gasteiger partial charge on any atom is 0.156 e. The van der Waals surface area contributed by atoms with E-state index in [9.17, 15) is 4.79 Å². The van der Waals surface area contributed by atoms with E-state index in [4.69, 9.17) is 9.47 Å². The summed E-state index contributed by atoms with van der Waals surface area (Å²) >= 11 is 0. The number of rotatable bonds is 11. The molecule has 0 heterocycles. The molecule has 31 heavy (non-hydrogen) atoms. The number of unbranched alkanes of at least 4 members (excludes halogenated alkanes) is 2. The highest BCUT2D eigenvalue weighted by molar-refractivity contribution is 5.92. The Bertz CT molecular complexity index is 875. The normalized spacial score (nSPS) is 16.4. The second kappa shape index (κ2) is 12.1. The highest BCUT2D eigenvalue weighted by Crippen LogP contribution is 2.33. The molecule has 0 radical (unpaired) electrons. The van der Waals surface area contributed by atoms with E-state index in [0.29, 0.717) is 6.42 Å². The Hall–Kier alpha value is -2.81. The fourth-order valence-corrected chi connectivity index (χ4v) is 3.66. The van der Waals surface area contributed by atoms with Crippen molar-refractivity contribution in [3.8, 4) is 11.5 Å². The summed E-state index contributed by atoms with van der Waals surface area (Å²) in [6.07, 6.45) is 11.8. The molecule has 0 saturated carbocycles.